The number of aryl methyl sites for hydroxylation is 1. The second kappa shape index (κ2) is 5.90. The highest BCUT2D eigenvalue weighted by Gasteiger charge is 2.27. The maximum atomic E-state index is 12.1. The van der Waals surface area contributed by atoms with Gasteiger partial charge in [-0.2, -0.15) is 0 Å². The molecule has 0 aliphatic heterocycles. The van der Waals surface area contributed by atoms with E-state index in [4.69, 9.17) is 0 Å². The molecule has 1 N–H and O–H groups in total. The summed E-state index contributed by atoms with van der Waals surface area (Å²) in [6.45, 7) is 10.6. The standard InChI is InChI=1S/C14H21BrN2O2/c1-6-17-7-10(15)12(18)11(8-17)16-13(19)9(2)14(3,4)5/h7-9H,6H2,1-5H3,(H,16,19)/t9-/m1/s1. The Labute approximate surface area is 122 Å². The van der Waals surface area contributed by atoms with Crippen molar-refractivity contribution in [1.29, 1.82) is 0 Å². The van der Waals surface area contributed by atoms with Crippen molar-refractivity contribution >= 4 is 27.5 Å². The van der Waals surface area contributed by atoms with E-state index in [1.165, 1.54) is 0 Å². The van der Waals surface area contributed by atoms with Crippen LogP contribution in [0.15, 0.2) is 21.7 Å². The lowest BCUT2D eigenvalue weighted by Crippen LogP contribution is -2.32. The summed E-state index contributed by atoms with van der Waals surface area (Å²) in [4.78, 5) is 24.1. The van der Waals surface area contributed by atoms with E-state index in [0.717, 1.165) is 6.54 Å². The van der Waals surface area contributed by atoms with E-state index in [1.54, 1.807) is 12.4 Å². The molecule has 0 saturated carbocycles. The molecule has 0 aromatic carbocycles. The van der Waals surface area contributed by atoms with Crippen molar-refractivity contribution < 1.29 is 4.79 Å². The zero-order chi connectivity index (χ0) is 14.8. The summed E-state index contributed by atoms with van der Waals surface area (Å²) >= 11 is 3.22. The van der Waals surface area contributed by atoms with Crippen molar-refractivity contribution in [1.82, 2.24) is 4.57 Å². The molecule has 0 bridgehead atoms. The Morgan fingerprint density at radius 3 is 2.47 bits per heavy atom. The quantitative estimate of drug-likeness (QED) is 0.925. The maximum Gasteiger partial charge on any atom is 0.227 e. The van der Waals surface area contributed by atoms with Crippen LogP contribution in [-0.4, -0.2) is 10.5 Å². The Kier molecular flexibility index (Phi) is 4.96. The average molecular weight is 329 g/mol. The molecule has 1 heterocycles. The molecule has 1 rings (SSSR count). The van der Waals surface area contributed by atoms with Gasteiger partial charge in [-0.1, -0.05) is 27.7 Å². The highest BCUT2D eigenvalue weighted by atomic mass is 79.9. The van der Waals surface area contributed by atoms with Crippen LogP contribution in [0.3, 0.4) is 0 Å². The molecule has 0 aliphatic carbocycles. The first kappa shape index (κ1) is 16.0. The summed E-state index contributed by atoms with van der Waals surface area (Å²) in [7, 11) is 0. The number of carbonyl (C=O) groups is 1. The normalized spacial score (nSPS) is 13.2. The minimum atomic E-state index is -0.195. The fraction of sp³-hybridized carbons (Fsp3) is 0.571. The lowest BCUT2D eigenvalue weighted by Gasteiger charge is -2.26. The van der Waals surface area contributed by atoms with Crippen LogP contribution in [0.5, 0.6) is 0 Å². The number of hydrogen-bond donors (Lipinski definition) is 1. The van der Waals surface area contributed by atoms with E-state index in [-0.39, 0.29) is 22.7 Å². The van der Waals surface area contributed by atoms with Crippen LogP contribution in [0.25, 0.3) is 0 Å². The van der Waals surface area contributed by atoms with Crippen LogP contribution in [-0.2, 0) is 11.3 Å². The first-order valence-corrected chi connectivity index (χ1v) is 7.16. The summed E-state index contributed by atoms with van der Waals surface area (Å²) in [5.41, 5.74) is -0.0173. The first-order chi connectivity index (χ1) is 8.66. The number of carbonyl (C=O) groups excluding carboxylic acids is 1. The number of anilines is 1. The fourth-order valence-corrected chi connectivity index (χ4v) is 1.98. The molecule has 0 spiro atoms. The Hall–Kier alpha value is -1.10. The minimum absolute atomic E-state index is 0.134. The minimum Gasteiger partial charge on any atom is -0.351 e. The topological polar surface area (TPSA) is 51.1 Å². The molecule has 0 radical (unpaired) electrons. The SMILES string of the molecule is CCn1cc(Br)c(=O)c(NC(=O)[C@@H](C)C(C)(C)C)c1. The van der Waals surface area contributed by atoms with E-state index < -0.39 is 0 Å². The van der Waals surface area contributed by atoms with Gasteiger partial charge in [0.2, 0.25) is 11.3 Å². The predicted octanol–water partition coefficient (Wildman–Crippen LogP) is 3.25. The van der Waals surface area contributed by atoms with Crippen LogP contribution in [0, 0.1) is 11.3 Å². The Bertz CT molecular complexity index is 529. The van der Waals surface area contributed by atoms with Gasteiger partial charge in [-0.25, -0.2) is 0 Å². The average Bonchev–Trinajstić information content (AvgIpc) is 2.32. The van der Waals surface area contributed by atoms with Crippen molar-refractivity contribution in [3.8, 4) is 0 Å². The number of nitrogens with one attached hydrogen (secondary N) is 1. The molecule has 19 heavy (non-hydrogen) atoms. The van der Waals surface area contributed by atoms with Crippen LogP contribution in [0.4, 0.5) is 5.69 Å². The molecule has 106 valence electrons. The molecule has 0 aliphatic rings. The van der Waals surface area contributed by atoms with Gasteiger partial charge in [0.25, 0.3) is 0 Å². The van der Waals surface area contributed by atoms with Crippen LogP contribution in [0.2, 0.25) is 0 Å². The second-order valence-corrected chi connectivity index (χ2v) is 6.61. The maximum absolute atomic E-state index is 12.1. The van der Waals surface area contributed by atoms with Gasteiger partial charge in [-0.3, -0.25) is 9.59 Å². The van der Waals surface area contributed by atoms with Crippen LogP contribution >= 0.6 is 15.9 Å². The molecular weight excluding hydrogens is 308 g/mol. The molecule has 1 aromatic rings. The number of nitrogens with zero attached hydrogens (tertiary/aromatic N) is 1. The molecule has 1 aromatic heterocycles. The smallest absolute Gasteiger partial charge is 0.227 e. The summed E-state index contributed by atoms with van der Waals surface area (Å²) in [5, 5.41) is 2.73. The fourth-order valence-electron chi connectivity index (χ4n) is 1.50. The van der Waals surface area contributed by atoms with E-state index in [1.807, 2.05) is 39.2 Å². The van der Waals surface area contributed by atoms with Crippen LogP contribution < -0.4 is 10.7 Å². The van der Waals surface area contributed by atoms with E-state index in [9.17, 15) is 9.59 Å². The van der Waals surface area contributed by atoms with Gasteiger partial charge in [-0.05, 0) is 28.3 Å². The highest BCUT2D eigenvalue weighted by Crippen LogP contribution is 2.26. The van der Waals surface area contributed by atoms with Gasteiger partial charge >= 0.3 is 0 Å². The predicted molar refractivity (Wildman–Crippen MR) is 81.3 cm³/mol. The first-order valence-electron chi connectivity index (χ1n) is 6.37. The summed E-state index contributed by atoms with van der Waals surface area (Å²) in [6.07, 6.45) is 3.38. The number of amides is 1. The lowest BCUT2D eigenvalue weighted by molar-refractivity contribution is -0.122. The third-order valence-electron chi connectivity index (χ3n) is 3.35. The summed E-state index contributed by atoms with van der Waals surface area (Å²) in [5.74, 6) is -0.314. The van der Waals surface area contributed by atoms with E-state index in [2.05, 4.69) is 21.2 Å². The molecule has 5 heteroatoms. The second-order valence-electron chi connectivity index (χ2n) is 5.76. The van der Waals surface area contributed by atoms with E-state index >= 15 is 0 Å². The van der Waals surface area contributed by atoms with Gasteiger partial charge < -0.3 is 9.88 Å². The molecule has 0 unspecified atom stereocenters. The molecule has 1 amide bonds. The van der Waals surface area contributed by atoms with Gasteiger partial charge in [0.15, 0.2) is 0 Å². The van der Waals surface area contributed by atoms with Crippen molar-refractivity contribution in [2.75, 3.05) is 5.32 Å². The van der Waals surface area contributed by atoms with E-state index in [0.29, 0.717) is 10.2 Å². The Morgan fingerprint density at radius 2 is 2.00 bits per heavy atom. The number of pyridine rings is 1. The number of aromatic nitrogens is 1. The molecule has 0 fully saturated rings. The Balaban J connectivity index is 3.03. The monoisotopic (exact) mass is 328 g/mol. The lowest BCUT2D eigenvalue weighted by atomic mass is 9.81. The van der Waals surface area contributed by atoms with Gasteiger partial charge in [0, 0.05) is 24.9 Å². The van der Waals surface area contributed by atoms with Crippen molar-refractivity contribution in [3.05, 3.63) is 27.1 Å². The number of hydrogen-bond acceptors (Lipinski definition) is 2. The number of rotatable bonds is 3. The third kappa shape index (κ3) is 3.93. The number of halogens is 1. The third-order valence-corrected chi connectivity index (χ3v) is 3.92. The van der Waals surface area contributed by atoms with Crippen molar-refractivity contribution in [2.24, 2.45) is 11.3 Å². The summed E-state index contributed by atoms with van der Waals surface area (Å²) < 4.78 is 2.30. The molecule has 0 saturated heterocycles. The van der Waals surface area contributed by atoms with Crippen molar-refractivity contribution in [3.63, 3.8) is 0 Å². The van der Waals surface area contributed by atoms with Crippen LogP contribution in [0.1, 0.15) is 34.6 Å². The largest absolute Gasteiger partial charge is 0.351 e. The molecular formula is C14H21BrN2O2. The zero-order valence-corrected chi connectivity index (χ0v) is 13.7. The highest BCUT2D eigenvalue weighted by molar-refractivity contribution is 9.10. The molecule has 1 atom stereocenters. The van der Waals surface area contributed by atoms with Gasteiger partial charge in [0.1, 0.15) is 5.69 Å². The van der Waals surface area contributed by atoms with Gasteiger partial charge in [-0.15, -0.1) is 0 Å². The van der Waals surface area contributed by atoms with Gasteiger partial charge in [0.05, 0.1) is 4.47 Å². The molecule has 4 nitrogen and oxygen atoms in total. The summed E-state index contributed by atoms with van der Waals surface area (Å²) in [6, 6.07) is 0. The zero-order valence-electron chi connectivity index (χ0n) is 12.1. The van der Waals surface area contributed by atoms with Crippen molar-refractivity contribution in [2.45, 2.75) is 41.2 Å². The Morgan fingerprint density at radius 1 is 1.42 bits per heavy atom.